The van der Waals surface area contributed by atoms with Crippen LogP contribution in [0.25, 0.3) is 0 Å². The zero-order chi connectivity index (χ0) is 10.8. The molecule has 0 aliphatic carbocycles. The van der Waals surface area contributed by atoms with E-state index in [0.29, 0.717) is 12.0 Å². The molecule has 1 atom stereocenters. The molecule has 1 saturated heterocycles. The van der Waals surface area contributed by atoms with Crippen molar-refractivity contribution >= 4 is 0 Å². The predicted molar refractivity (Wildman–Crippen MR) is 59.2 cm³/mol. The molecule has 2 nitrogen and oxygen atoms in total. The Morgan fingerprint density at radius 3 is 2.60 bits per heavy atom. The van der Waals surface area contributed by atoms with Gasteiger partial charge in [-0.05, 0) is 31.8 Å². The summed E-state index contributed by atoms with van der Waals surface area (Å²) in [5.74, 6) is 0.452. The summed E-state index contributed by atoms with van der Waals surface area (Å²) in [6, 6.07) is 7.25. The van der Waals surface area contributed by atoms with Crippen LogP contribution in [0.4, 0.5) is 4.39 Å². The number of rotatable bonds is 3. The Hall–Kier alpha value is -0.930. The van der Waals surface area contributed by atoms with Gasteiger partial charge in [0.1, 0.15) is 5.82 Å². The van der Waals surface area contributed by atoms with Crippen molar-refractivity contribution in [2.24, 2.45) is 5.92 Å². The average molecular weight is 208 g/mol. The van der Waals surface area contributed by atoms with Crippen molar-refractivity contribution in [1.82, 2.24) is 10.2 Å². The van der Waals surface area contributed by atoms with Gasteiger partial charge in [-0.1, -0.05) is 12.1 Å². The van der Waals surface area contributed by atoms with Gasteiger partial charge in [-0.15, -0.1) is 0 Å². The highest BCUT2D eigenvalue weighted by Crippen LogP contribution is 2.29. The summed E-state index contributed by atoms with van der Waals surface area (Å²) in [5.41, 5.74) is 1.08. The van der Waals surface area contributed by atoms with Crippen LogP contribution >= 0.6 is 0 Å². The van der Waals surface area contributed by atoms with Crippen LogP contribution < -0.4 is 5.32 Å². The molecule has 1 aromatic carbocycles. The van der Waals surface area contributed by atoms with Gasteiger partial charge in [-0.3, -0.25) is 0 Å². The van der Waals surface area contributed by atoms with Crippen molar-refractivity contribution in [3.8, 4) is 0 Å². The first-order valence-corrected chi connectivity index (χ1v) is 5.31. The first-order valence-electron chi connectivity index (χ1n) is 5.31. The molecule has 1 aromatic rings. The predicted octanol–water partition coefficient (Wildman–Crippen LogP) is 1.65. The maximum absolute atomic E-state index is 13.1. The van der Waals surface area contributed by atoms with E-state index in [1.807, 2.05) is 20.2 Å². The fourth-order valence-electron chi connectivity index (χ4n) is 2.22. The molecule has 1 aliphatic rings. The van der Waals surface area contributed by atoms with Gasteiger partial charge < -0.3 is 10.2 Å². The molecule has 1 heterocycles. The lowest BCUT2D eigenvalue weighted by atomic mass is 9.88. The molecular weight excluding hydrogens is 191 g/mol. The van der Waals surface area contributed by atoms with E-state index in [2.05, 4.69) is 10.2 Å². The summed E-state index contributed by atoms with van der Waals surface area (Å²) in [7, 11) is 4.10. The van der Waals surface area contributed by atoms with Gasteiger partial charge in [0.05, 0.1) is 0 Å². The number of halogens is 1. The van der Waals surface area contributed by atoms with Crippen molar-refractivity contribution < 1.29 is 4.39 Å². The minimum atomic E-state index is -0.147. The molecule has 1 aliphatic heterocycles. The lowest BCUT2D eigenvalue weighted by molar-refractivity contribution is 0.160. The Balaban J connectivity index is 2.23. The van der Waals surface area contributed by atoms with Crippen molar-refractivity contribution in [3.05, 3.63) is 35.6 Å². The zero-order valence-corrected chi connectivity index (χ0v) is 9.20. The highest BCUT2D eigenvalue weighted by atomic mass is 19.1. The minimum absolute atomic E-state index is 0.147. The minimum Gasteiger partial charge on any atom is -0.316 e. The van der Waals surface area contributed by atoms with E-state index in [1.54, 1.807) is 12.1 Å². The van der Waals surface area contributed by atoms with Crippen LogP contribution in [0.2, 0.25) is 0 Å². The number of nitrogens with one attached hydrogen (secondary N) is 1. The summed E-state index contributed by atoms with van der Waals surface area (Å²) >= 11 is 0. The first kappa shape index (κ1) is 10.6. The summed E-state index contributed by atoms with van der Waals surface area (Å²) in [5, 5.41) is 3.26. The Labute approximate surface area is 90.1 Å². The summed E-state index contributed by atoms with van der Waals surface area (Å²) in [6.07, 6.45) is 0. The Kier molecular flexibility index (Phi) is 3.03. The summed E-state index contributed by atoms with van der Waals surface area (Å²) in [6.45, 7) is 2.05. The fraction of sp³-hybridized carbons (Fsp3) is 0.500. The smallest absolute Gasteiger partial charge is 0.123 e. The van der Waals surface area contributed by atoms with Gasteiger partial charge in [0.25, 0.3) is 0 Å². The molecule has 15 heavy (non-hydrogen) atoms. The Morgan fingerprint density at radius 1 is 1.40 bits per heavy atom. The molecule has 0 saturated carbocycles. The maximum atomic E-state index is 13.1. The molecule has 0 bridgehead atoms. The number of nitrogens with zero attached hydrogens (tertiary/aromatic N) is 1. The van der Waals surface area contributed by atoms with E-state index in [1.165, 1.54) is 6.07 Å². The molecule has 1 fully saturated rings. The third kappa shape index (κ3) is 2.19. The number of benzene rings is 1. The molecule has 82 valence electrons. The molecule has 0 amide bonds. The molecule has 0 aromatic heterocycles. The van der Waals surface area contributed by atoms with Crippen LogP contribution in [0, 0.1) is 11.7 Å². The molecule has 1 N–H and O–H groups in total. The second-order valence-corrected chi connectivity index (χ2v) is 4.38. The van der Waals surface area contributed by atoms with Crippen LogP contribution in [0.5, 0.6) is 0 Å². The molecule has 0 radical (unpaired) electrons. The number of hydrogen-bond acceptors (Lipinski definition) is 2. The highest BCUT2D eigenvalue weighted by molar-refractivity contribution is 5.21. The van der Waals surface area contributed by atoms with Gasteiger partial charge in [0.15, 0.2) is 0 Å². The largest absolute Gasteiger partial charge is 0.316 e. The summed E-state index contributed by atoms with van der Waals surface area (Å²) in [4.78, 5) is 2.17. The molecule has 2 rings (SSSR count). The van der Waals surface area contributed by atoms with Crippen LogP contribution in [0.15, 0.2) is 24.3 Å². The third-order valence-corrected chi connectivity index (χ3v) is 3.01. The zero-order valence-electron chi connectivity index (χ0n) is 9.20. The van der Waals surface area contributed by atoms with Crippen molar-refractivity contribution in [3.63, 3.8) is 0 Å². The van der Waals surface area contributed by atoms with E-state index in [-0.39, 0.29) is 5.82 Å². The van der Waals surface area contributed by atoms with Crippen molar-refractivity contribution in [1.29, 1.82) is 0 Å². The van der Waals surface area contributed by atoms with Gasteiger partial charge in [-0.2, -0.15) is 0 Å². The summed E-state index contributed by atoms with van der Waals surface area (Å²) < 4.78 is 13.1. The second-order valence-electron chi connectivity index (χ2n) is 4.38. The quantitative estimate of drug-likeness (QED) is 0.812. The van der Waals surface area contributed by atoms with Crippen molar-refractivity contribution in [2.45, 2.75) is 6.04 Å². The number of hydrogen-bond donors (Lipinski definition) is 1. The van der Waals surface area contributed by atoms with E-state index in [4.69, 9.17) is 0 Å². The van der Waals surface area contributed by atoms with Crippen LogP contribution in [-0.4, -0.2) is 32.1 Å². The van der Waals surface area contributed by atoms with E-state index < -0.39 is 0 Å². The van der Waals surface area contributed by atoms with Crippen LogP contribution in [0.3, 0.4) is 0 Å². The lowest BCUT2D eigenvalue weighted by Crippen LogP contribution is -2.48. The average Bonchev–Trinajstić information content (AvgIpc) is 2.10. The highest BCUT2D eigenvalue weighted by Gasteiger charge is 2.29. The van der Waals surface area contributed by atoms with Crippen LogP contribution in [-0.2, 0) is 0 Å². The van der Waals surface area contributed by atoms with Crippen molar-refractivity contribution in [2.75, 3.05) is 27.2 Å². The second kappa shape index (κ2) is 4.29. The Bertz CT molecular complexity index is 334. The molecular formula is C12H17FN2. The molecule has 0 spiro atoms. The van der Waals surface area contributed by atoms with Crippen LogP contribution in [0.1, 0.15) is 11.6 Å². The Morgan fingerprint density at radius 2 is 2.13 bits per heavy atom. The van der Waals surface area contributed by atoms with Gasteiger partial charge >= 0.3 is 0 Å². The topological polar surface area (TPSA) is 15.3 Å². The van der Waals surface area contributed by atoms with Gasteiger partial charge in [0, 0.05) is 25.0 Å². The normalized spacial score (nSPS) is 18.9. The standard InChI is InChI=1S/C12H17FN2/c1-15(2)12(10-7-14-8-10)9-4-3-5-11(13)6-9/h3-6,10,12,14H,7-8H2,1-2H3. The monoisotopic (exact) mass is 208 g/mol. The third-order valence-electron chi connectivity index (χ3n) is 3.01. The van der Waals surface area contributed by atoms with Gasteiger partial charge in [0.2, 0.25) is 0 Å². The van der Waals surface area contributed by atoms with Gasteiger partial charge in [-0.25, -0.2) is 4.39 Å². The molecule has 1 unspecified atom stereocenters. The fourth-order valence-corrected chi connectivity index (χ4v) is 2.22. The SMILES string of the molecule is CN(C)C(c1cccc(F)c1)C1CNC1. The maximum Gasteiger partial charge on any atom is 0.123 e. The first-order chi connectivity index (χ1) is 7.18. The van der Waals surface area contributed by atoms with E-state index in [9.17, 15) is 4.39 Å². The van der Waals surface area contributed by atoms with E-state index in [0.717, 1.165) is 18.7 Å². The lowest BCUT2D eigenvalue weighted by Gasteiger charge is -2.38. The molecule has 3 heteroatoms. The van der Waals surface area contributed by atoms with E-state index >= 15 is 0 Å².